The topological polar surface area (TPSA) is 93.2 Å². The molecule has 0 saturated heterocycles. The minimum Gasteiger partial charge on any atom is -0.436 e. The van der Waals surface area contributed by atoms with E-state index in [0.29, 0.717) is 11.1 Å². The second-order valence-corrected chi connectivity index (χ2v) is 5.78. The lowest BCUT2D eigenvalue weighted by atomic mass is 9.75. The minimum absolute atomic E-state index is 0.0888. The standard InChI is InChI=1S/C20H12N2O3/c21-10-14-15(11-6-2-1-3-7-11)16-17(23)12-8-4-5-9-13(12)18(24)19(16)25-20(14)22/h1-9,15H,22H2. The third kappa shape index (κ3) is 2.08. The number of allylic oxidation sites excluding steroid dienone is 3. The van der Waals surface area contributed by atoms with Crippen LogP contribution in [0.15, 0.2) is 77.4 Å². The molecule has 0 aromatic heterocycles. The predicted molar refractivity (Wildman–Crippen MR) is 89.2 cm³/mol. The quantitative estimate of drug-likeness (QED) is 0.869. The van der Waals surface area contributed by atoms with Gasteiger partial charge in [-0.25, -0.2) is 0 Å². The highest BCUT2D eigenvalue weighted by Crippen LogP contribution is 2.43. The Morgan fingerprint density at radius 3 is 2.16 bits per heavy atom. The lowest BCUT2D eigenvalue weighted by Crippen LogP contribution is -2.32. The van der Waals surface area contributed by atoms with Gasteiger partial charge in [-0.2, -0.15) is 5.26 Å². The Morgan fingerprint density at radius 1 is 0.920 bits per heavy atom. The van der Waals surface area contributed by atoms with E-state index in [4.69, 9.17) is 10.5 Å². The summed E-state index contributed by atoms with van der Waals surface area (Å²) in [7, 11) is 0. The van der Waals surface area contributed by atoms with Gasteiger partial charge in [-0.15, -0.1) is 0 Å². The normalized spacial score (nSPS) is 19.1. The second kappa shape index (κ2) is 5.46. The fourth-order valence-corrected chi connectivity index (χ4v) is 3.29. The predicted octanol–water partition coefficient (Wildman–Crippen LogP) is 2.83. The number of nitrogens with two attached hydrogens (primary N) is 1. The third-order valence-electron chi connectivity index (χ3n) is 4.42. The van der Waals surface area contributed by atoms with Crippen LogP contribution in [0.3, 0.4) is 0 Å². The molecule has 2 aromatic carbocycles. The highest BCUT2D eigenvalue weighted by molar-refractivity contribution is 6.27. The summed E-state index contributed by atoms with van der Waals surface area (Å²) in [6, 6.07) is 17.6. The summed E-state index contributed by atoms with van der Waals surface area (Å²) in [6.45, 7) is 0. The SMILES string of the molecule is N#CC1=C(N)OC2=C(C(=O)c3ccccc3C2=O)C1c1ccccc1. The van der Waals surface area contributed by atoms with Crippen LogP contribution in [-0.2, 0) is 4.74 Å². The monoisotopic (exact) mass is 328 g/mol. The van der Waals surface area contributed by atoms with Crippen LogP contribution in [0.2, 0.25) is 0 Å². The van der Waals surface area contributed by atoms with Crippen molar-refractivity contribution in [2.45, 2.75) is 5.92 Å². The number of rotatable bonds is 1. The van der Waals surface area contributed by atoms with Crippen LogP contribution in [0.4, 0.5) is 0 Å². The van der Waals surface area contributed by atoms with E-state index in [9.17, 15) is 14.9 Å². The van der Waals surface area contributed by atoms with Gasteiger partial charge in [0.15, 0.2) is 11.5 Å². The number of ether oxygens (including phenoxy) is 1. The molecule has 1 aliphatic heterocycles. The maximum absolute atomic E-state index is 13.1. The number of carbonyl (C=O) groups is 2. The molecule has 0 amide bonds. The van der Waals surface area contributed by atoms with Crippen molar-refractivity contribution in [3.05, 3.63) is 94.1 Å². The molecule has 2 aromatic rings. The maximum Gasteiger partial charge on any atom is 0.229 e. The summed E-state index contributed by atoms with van der Waals surface area (Å²) in [5, 5.41) is 9.54. The van der Waals surface area contributed by atoms with E-state index >= 15 is 0 Å². The van der Waals surface area contributed by atoms with Crippen molar-refractivity contribution in [1.29, 1.82) is 5.26 Å². The maximum atomic E-state index is 13.1. The molecule has 2 N–H and O–H groups in total. The molecule has 0 spiro atoms. The fourth-order valence-electron chi connectivity index (χ4n) is 3.29. The number of fused-ring (bicyclic) bond motifs is 1. The number of ketones is 2. The van der Waals surface area contributed by atoms with Crippen LogP contribution in [0.5, 0.6) is 0 Å². The molecule has 1 unspecified atom stereocenters. The largest absolute Gasteiger partial charge is 0.436 e. The number of Topliss-reactive ketones (excluding diaryl/α,β-unsaturated/α-hetero) is 2. The first kappa shape index (κ1) is 14.9. The Labute approximate surface area is 143 Å². The molecule has 1 aliphatic carbocycles. The van der Waals surface area contributed by atoms with E-state index in [1.807, 2.05) is 12.1 Å². The first-order chi connectivity index (χ1) is 12.1. The van der Waals surface area contributed by atoms with Crippen LogP contribution in [-0.4, -0.2) is 11.6 Å². The van der Waals surface area contributed by atoms with Gasteiger partial charge >= 0.3 is 0 Å². The first-order valence-electron chi connectivity index (χ1n) is 7.68. The third-order valence-corrected chi connectivity index (χ3v) is 4.42. The molecule has 5 nitrogen and oxygen atoms in total. The molecule has 1 heterocycles. The van der Waals surface area contributed by atoms with Gasteiger partial charge in [0.1, 0.15) is 11.6 Å². The summed E-state index contributed by atoms with van der Waals surface area (Å²) >= 11 is 0. The molecule has 5 heteroatoms. The zero-order valence-electron chi connectivity index (χ0n) is 13.0. The van der Waals surface area contributed by atoms with Gasteiger partial charge in [0.05, 0.1) is 11.5 Å². The van der Waals surface area contributed by atoms with Crippen molar-refractivity contribution in [3.8, 4) is 6.07 Å². The van der Waals surface area contributed by atoms with Crippen molar-refractivity contribution in [1.82, 2.24) is 0 Å². The zero-order chi connectivity index (χ0) is 17.6. The van der Waals surface area contributed by atoms with Crippen LogP contribution in [0.25, 0.3) is 0 Å². The number of benzene rings is 2. The van der Waals surface area contributed by atoms with E-state index in [-0.39, 0.29) is 34.1 Å². The molecular formula is C20H12N2O3. The Morgan fingerprint density at radius 2 is 1.52 bits per heavy atom. The van der Waals surface area contributed by atoms with Crippen LogP contribution in [0.1, 0.15) is 32.2 Å². The molecule has 1 atom stereocenters. The lowest BCUT2D eigenvalue weighted by molar-refractivity contribution is 0.0897. The van der Waals surface area contributed by atoms with Crippen LogP contribution < -0.4 is 5.73 Å². The number of nitrogens with zero attached hydrogens (tertiary/aromatic N) is 1. The number of hydrogen-bond donors (Lipinski definition) is 1. The van der Waals surface area contributed by atoms with Crippen molar-refractivity contribution in [2.75, 3.05) is 0 Å². The van der Waals surface area contributed by atoms with Gasteiger partial charge in [0.2, 0.25) is 11.7 Å². The van der Waals surface area contributed by atoms with Gasteiger partial charge in [-0.1, -0.05) is 54.6 Å². The number of hydrogen-bond acceptors (Lipinski definition) is 5. The van der Waals surface area contributed by atoms with Gasteiger partial charge < -0.3 is 10.5 Å². The molecule has 0 fully saturated rings. The summed E-state index contributed by atoms with van der Waals surface area (Å²) in [5.41, 5.74) is 7.49. The fraction of sp³-hybridized carbons (Fsp3) is 0.0500. The van der Waals surface area contributed by atoms with Crippen LogP contribution in [0, 0.1) is 11.3 Å². The Bertz CT molecular complexity index is 1030. The smallest absolute Gasteiger partial charge is 0.229 e. The molecule has 0 bridgehead atoms. The van der Waals surface area contributed by atoms with Crippen molar-refractivity contribution in [3.63, 3.8) is 0 Å². The molecule has 25 heavy (non-hydrogen) atoms. The van der Waals surface area contributed by atoms with Crippen molar-refractivity contribution >= 4 is 11.6 Å². The zero-order valence-corrected chi connectivity index (χ0v) is 13.0. The van der Waals surface area contributed by atoms with Gasteiger partial charge in [0, 0.05) is 11.1 Å². The molecule has 120 valence electrons. The summed E-state index contributed by atoms with van der Waals surface area (Å²) in [6.07, 6.45) is 0. The molecule has 4 rings (SSSR count). The lowest BCUT2D eigenvalue weighted by Gasteiger charge is -2.30. The molecule has 0 saturated carbocycles. The number of nitriles is 1. The average Bonchev–Trinajstić information content (AvgIpc) is 2.66. The van der Waals surface area contributed by atoms with E-state index in [2.05, 4.69) is 0 Å². The van der Waals surface area contributed by atoms with Gasteiger partial charge in [-0.3, -0.25) is 9.59 Å². The molecule has 0 radical (unpaired) electrons. The minimum atomic E-state index is -0.722. The van der Waals surface area contributed by atoms with Crippen molar-refractivity contribution in [2.24, 2.45) is 5.73 Å². The summed E-state index contributed by atoms with van der Waals surface area (Å²) in [5.74, 6) is -1.67. The highest BCUT2D eigenvalue weighted by atomic mass is 16.5. The highest BCUT2D eigenvalue weighted by Gasteiger charge is 2.43. The van der Waals surface area contributed by atoms with E-state index in [0.717, 1.165) is 0 Å². The summed E-state index contributed by atoms with van der Waals surface area (Å²) < 4.78 is 5.43. The average molecular weight is 328 g/mol. The first-order valence-corrected chi connectivity index (χ1v) is 7.68. The van der Waals surface area contributed by atoms with Crippen LogP contribution >= 0.6 is 0 Å². The summed E-state index contributed by atoms with van der Waals surface area (Å²) in [4.78, 5) is 25.9. The van der Waals surface area contributed by atoms with E-state index in [1.165, 1.54) is 0 Å². The van der Waals surface area contributed by atoms with Gasteiger partial charge in [0.25, 0.3) is 0 Å². The second-order valence-electron chi connectivity index (χ2n) is 5.78. The Kier molecular flexibility index (Phi) is 3.26. The van der Waals surface area contributed by atoms with E-state index in [1.54, 1.807) is 48.5 Å². The van der Waals surface area contributed by atoms with E-state index < -0.39 is 11.7 Å². The van der Waals surface area contributed by atoms with Crippen molar-refractivity contribution < 1.29 is 14.3 Å². The molecular weight excluding hydrogens is 316 g/mol. The number of carbonyl (C=O) groups excluding carboxylic acids is 2. The Hall–Kier alpha value is -3.65. The molecule has 2 aliphatic rings. The Balaban J connectivity index is 1.99. The van der Waals surface area contributed by atoms with Gasteiger partial charge in [-0.05, 0) is 5.56 Å².